The number of rotatable bonds is 6. The summed E-state index contributed by atoms with van der Waals surface area (Å²) in [5, 5.41) is 0. The van der Waals surface area contributed by atoms with Crippen LogP contribution in [0.5, 0.6) is 5.75 Å². The Bertz CT molecular complexity index is 396. The van der Waals surface area contributed by atoms with Gasteiger partial charge in [-0.05, 0) is 24.3 Å². The van der Waals surface area contributed by atoms with Crippen LogP contribution in [-0.2, 0) is 20.5 Å². The van der Waals surface area contributed by atoms with Gasteiger partial charge in [-0.2, -0.15) is 0 Å². The van der Waals surface area contributed by atoms with Crippen LogP contribution in [0.15, 0.2) is 29.2 Å². The molecule has 0 radical (unpaired) electrons. The first-order chi connectivity index (χ1) is 8.17. The third-order valence-corrected chi connectivity index (χ3v) is 3.40. The highest BCUT2D eigenvalue weighted by molar-refractivity contribution is 7.83. The Labute approximate surface area is 105 Å². The van der Waals surface area contributed by atoms with Crippen LogP contribution in [-0.4, -0.2) is 23.8 Å². The van der Waals surface area contributed by atoms with Gasteiger partial charge in [0.15, 0.2) is 0 Å². The Morgan fingerprint density at radius 2 is 2.06 bits per heavy atom. The van der Waals surface area contributed by atoms with Crippen LogP contribution in [0, 0.1) is 0 Å². The maximum Gasteiger partial charge on any atom is 0.306 e. The largest absolute Gasteiger partial charge is 0.480 e. The molecule has 2 unspecified atom stereocenters. The molecule has 94 valence electrons. The fourth-order valence-corrected chi connectivity index (χ4v) is 2.07. The molecule has 0 aliphatic carbocycles. The minimum absolute atomic E-state index is 0.190. The molecule has 0 saturated carbocycles. The number of methoxy groups -OCH3 is 1. The molecule has 5 nitrogen and oxygen atoms in total. The molecule has 17 heavy (non-hydrogen) atoms. The summed E-state index contributed by atoms with van der Waals surface area (Å²) < 4.78 is 23.8. The number of nitrogens with one attached hydrogen (secondary N) is 1. The van der Waals surface area contributed by atoms with E-state index in [1.807, 2.05) is 0 Å². The molecule has 0 fully saturated rings. The number of benzene rings is 1. The summed E-state index contributed by atoms with van der Waals surface area (Å²) in [5.41, 5.74) is 0. The second kappa shape index (κ2) is 7.37. The summed E-state index contributed by atoms with van der Waals surface area (Å²) in [6, 6.07) is 6.81. The van der Waals surface area contributed by atoms with Crippen LogP contribution in [0.3, 0.4) is 0 Å². The van der Waals surface area contributed by atoms with Gasteiger partial charge in [-0.3, -0.25) is 4.79 Å². The maximum absolute atomic E-state index is 11.7. The molecule has 0 saturated heterocycles. The fraction of sp³-hybridized carbons (Fsp3) is 0.300. The van der Waals surface area contributed by atoms with Crippen molar-refractivity contribution in [1.29, 1.82) is 0 Å². The van der Waals surface area contributed by atoms with Gasteiger partial charge in [0.1, 0.15) is 16.7 Å². The summed E-state index contributed by atoms with van der Waals surface area (Å²) in [6.45, 7) is 0.307. The zero-order chi connectivity index (χ0) is 12.7. The molecular formula is C10H14NO4PS. The lowest BCUT2D eigenvalue weighted by Crippen LogP contribution is -2.21. The normalized spacial score (nSPS) is 11.9. The van der Waals surface area contributed by atoms with E-state index in [1.165, 1.54) is 7.11 Å². The van der Waals surface area contributed by atoms with E-state index in [-0.39, 0.29) is 12.4 Å². The average Bonchev–Trinajstić information content (AvgIpc) is 2.38. The zero-order valence-electron chi connectivity index (χ0n) is 9.34. The van der Waals surface area contributed by atoms with Crippen LogP contribution < -0.4 is 9.25 Å². The van der Waals surface area contributed by atoms with E-state index in [2.05, 4.69) is 18.9 Å². The Morgan fingerprint density at radius 1 is 1.41 bits per heavy atom. The lowest BCUT2D eigenvalue weighted by molar-refractivity contribution is -0.140. The third kappa shape index (κ3) is 4.81. The van der Waals surface area contributed by atoms with Gasteiger partial charge in [-0.1, -0.05) is 0 Å². The Morgan fingerprint density at radius 3 is 2.59 bits per heavy atom. The Kier molecular flexibility index (Phi) is 6.11. The minimum atomic E-state index is -1.33. The van der Waals surface area contributed by atoms with Crippen molar-refractivity contribution in [3.63, 3.8) is 0 Å². The predicted octanol–water partition coefficient (Wildman–Crippen LogP) is 1.03. The molecule has 0 aromatic heterocycles. The van der Waals surface area contributed by atoms with E-state index in [9.17, 15) is 9.00 Å². The van der Waals surface area contributed by atoms with Crippen LogP contribution in [0.1, 0.15) is 6.42 Å². The van der Waals surface area contributed by atoms with Crippen molar-refractivity contribution in [3.05, 3.63) is 24.3 Å². The number of carbonyl (C=O) groups excluding carboxylic acids is 1. The topological polar surface area (TPSA) is 64.6 Å². The Hall–Kier alpha value is -0.970. The molecule has 0 aliphatic rings. The van der Waals surface area contributed by atoms with Crippen molar-refractivity contribution >= 4 is 26.4 Å². The first-order valence-corrected chi connectivity index (χ1v) is 6.48. The molecule has 0 heterocycles. The van der Waals surface area contributed by atoms with Crippen LogP contribution >= 0.6 is 9.47 Å². The fourth-order valence-electron chi connectivity index (χ4n) is 1.07. The monoisotopic (exact) mass is 275 g/mol. The molecule has 7 heteroatoms. The van der Waals surface area contributed by atoms with E-state index < -0.39 is 11.0 Å². The molecule has 0 spiro atoms. The predicted molar refractivity (Wildman–Crippen MR) is 67.8 cm³/mol. The van der Waals surface area contributed by atoms with Crippen molar-refractivity contribution in [3.8, 4) is 5.75 Å². The second-order valence-corrected chi connectivity index (χ2v) is 4.61. The number of hydrogen-bond acceptors (Lipinski definition) is 4. The van der Waals surface area contributed by atoms with Crippen LogP contribution in [0.25, 0.3) is 0 Å². The number of hydrogen-bond donors (Lipinski definition) is 1. The van der Waals surface area contributed by atoms with Gasteiger partial charge in [0, 0.05) is 6.54 Å². The molecule has 2 atom stereocenters. The van der Waals surface area contributed by atoms with Crippen molar-refractivity contribution in [1.82, 2.24) is 4.72 Å². The molecule has 1 rings (SSSR count). The molecule has 0 amide bonds. The standard InChI is InChI=1S/C10H14NO4PS/c1-14-10(12)6-7-11-17(13)9-4-2-8(15-16)3-5-9/h2-5,11H,6-7,16H2,1H3. The molecule has 0 bridgehead atoms. The Balaban J connectivity index is 2.44. The zero-order valence-corrected chi connectivity index (χ0v) is 11.3. The van der Waals surface area contributed by atoms with E-state index in [4.69, 9.17) is 4.52 Å². The quantitative estimate of drug-likeness (QED) is 0.622. The van der Waals surface area contributed by atoms with Crippen molar-refractivity contribution in [2.45, 2.75) is 11.3 Å². The smallest absolute Gasteiger partial charge is 0.306 e. The number of carbonyl (C=O) groups is 1. The van der Waals surface area contributed by atoms with Crippen molar-refractivity contribution in [2.24, 2.45) is 0 Å². The van der Waals surface area contributed by atoms with Crippen molar-refractivity contribution in [2.75, 3.05) is 13.7 Å². The maximum atomic E-state index is 11.7. The highest BCUT2D eigenvalue weighted by Crippen LogP contribution is 2.15. The van der Waals surface area contributed by atoms with Gasteiger partial charge in [0.05, 0.1) is 27.9 Å². The highest BCUT2D eigenvalue weighted by atomic mass is 32.2. The second-order valence-electron chi connectivity index (χ2n) is 3.08. The van der Waals surface area contributed by atoms with E-state index in [0.717, 1.165) is 0 Å². The summed E-state index contributed by atoms with van der Waals surface area (Å²) in [7, 11) is 2.12. The van der Waals surface area contributed by atoms with Crippen LogP contribution in [0.2, 0.25) is 0 Å². The summed E-state index contributed by atoms with van der Waals surface area (Å²) in [4.78, 5) is 11.5. The summed E-state index contributed by atoms with van der Waals surface area (Å²) in [6.07, 6.45) is 0.190. The SMILES string of the molecule is COC(=O)CCNS(=O)c1ccc(OP)cc1. The summed E-state index contributed by atoms with van der Waals surface area (Å²) in [5.74, 6) is 0.339. The molecule has 1 aromatic rings. The molecular weight excluding hydrogens is 261 g/mol. The van der Waals surface area contributed by atoms with E-state index in [1.54, 1.807) is 24.3 Å². The summed E-state index contributed by atoms with van der Waals surface area (Å²) >= 11 is 0. The first-order valence-electron chi connectivity index (χ1n) is 4.86. The number of ether oxygens (including phenoxy) is 1. The third-order valence-electron chi connectivity index (χ3n) is 1.96. The molecule has 1 aromatic carbocycles. The van der Waals surface area contributed by atoms with Crippen molar-refractivity contribution < 1.29 is 18.3 Å². The van der Waals surface area contributed by atoms with Gasteiger partial charge in [-0.25, -0.2) is 8.93 Å². The molecule has 0 aliphatic heterocycles. The van der Waals surface area contributed by atoms with Gasteiger partial charge < -0.3 is 9.26 Å². The lowest BCUT2D eigenvalue weighted by atomic mass is 10.3. The van der Waals surface area contributed by atoms with E-state index in [0.29, 0.717) is 17.2 Å². The molecule has 1 N–H and O–H groups in total. The van der Waals surface area contributed by atoms with Crippen LogP contribution in [0.4, 0.5) is 0 Å². The van der Waals surface area contributed by atoms with Gasteiger partial charge in [-0.15, -0.1) is 0 Å². The van der Waals surface area contributed by atoms with E-state index >= 15 is 0 Å². The first kappa shape index (κ1) is 14.1. The minimum Gasteiger partial charge on any atom is -0.480 e. The number of esters is 1. The highest BCUT2D eigenvalue weighted by Gasteiger charge is 2.05. The average molecular weight is 275 g/mol. The lowest BCUT2D eigenvalue weighted by Gasteiger charge is -2.05. The van der Waals surface area contributed by atoms with Gasteiger partial charge >= 0.3 is 5.97 Å². The van der Waals surface area contributed by atoms with Gasteiger partial charge in [0.2, 0.25) is 0 Å². The van der Waals surface area contributed by atoms with Gasteiger partial charge in [0.25, 0.3) is 0 Å².